The maximum Gasteiger partial charge on any atom is 0.257 e. The lowest BCUT2D eigenvalue weighted by molar-refractivity contribution is -0.121. The Morgan fingerprint density at radius 3 is 2.22 bits per heavy atom. The number of rotatable bonds is 5. The molecular weight excluding hydrogens is 332 g/mol. The van der Waals surface area contributed by atoms with E-state index >= 15 is 0 Å². The second-order valence-corrected chi connectivity index (χ2v) is 6.92. The lowest BCUT2D eigenvalue weighted by atomic mass is 9.83. The number of fused-ring (bicyclic) bond motifs is 1. The van der Waals surface area contributed by atoms with Crippen LogP contribution in [0.2, 0.25) is 0 Å². The molecule has 0 spiro atoms. The Bertz CT molecular complexity index is 982. The Morgan fingerprint density at radius 1 is 0.926 bits per heavy atom. The van der Waals surface area contributed by atoms with E-state index in [1.807, 2.05) is 92.0 Å². The van der Waals surface area contributed by atoms with Gasteiger partial charge < -0.3 is 10.2 Å². The van der Waals surface area contributed by atoms with E-state index < -0.39 is 5.54 Å². The Morgan fingerprint density at radius 2 is 1.52 bits per heavy atom. The van der Waals surface area contributed by atoms with Crippen molar-refractivity contribution in [1.82, 2.24) is 0 Å². The van der Waals surface area contributed by atoms with Crippen LogP contribution in [-0.4, -0.2) is 13.0 Å². The van der Waals surface area contributed by atoms with E-state index in [0.29, 0.717) is 6.42 Å². The van der Waals surface area contributed by atoms with E-state index in [1.54, 1.807) is 4.90 Å². The molecule has 1 atom stereocenters. The maximum absolute atomic E-state index is 13.5. The van der Waals surface area contributed by atoms with Crippen molar-refractivity contribution in [3.05, 3.63) is 103 Å². The minimum Gasteiger partial charge on any atom is -0.367 e. The molecule has 3 aromatic rings. The van der Waals surface area contributed by atoms with E-state index in [0.717, 1.165) is 28.1 Å². The van der Waals surface area contributed by atoms with E-state index in [2.05, 4.69) is 11.9 Å². The fourth-order valence-electron chi connectivity index (χ4n) is 3.84. The second-order valence-electron chi connectivity index (χ2n) is 6.92. The zero-order chi connectivity index (χ0) is 18.9. The topological polar surface area (TPSA) is 32.3 Å². The highest BCUT2D eigenvalue weighted by molar-refractivity contribution is 6.10. The Labute approximate surface area is 160 Å². The van der Waals surface area contributed by atoms with Crippen molar-refractivity contribution < 1.29 is 4.79 Å². The van der Waals surface area contributed by atoms with Crippen LogP contribution in [0.25, 0.3) is 5.57 Å². The fourth-order valence-corrected chi connectivity index (χ4v) is 3.84. The molecule has 0 aromatic heterocycles. The molecule has 1 N–H and O–H groups in total. The molecule has 4 rings (SSSR count). The van der Waals surface area contributed by atoms with Crippen LogP contribution >= 0.6 is 0 Å². The van der Waals surface area contributed by atoms with Gasteiger partial charge in [0.05, 0.1) is 0 Å². The smallest absolute Gasteiger partial charge is 0.257 e. The molecule has 1 unspecified atom stereocenters. The van der Waals surface area contributed by atoms with Crippen molar-refractivity contribution in [2.45, 2.75) is 12.0 Å². The van der Waals surface area contributed by atoms with Crippen LogP contribution < -0.4 is 10.2 Å². The molecule has 0 aliphatic carbocycles. The summed E-state index contributed by atoms with van der Waals surface area (Å²) in [5.41, 5.74) is 3.94. The van der Waals surface area contributed by atoms with Crippen molar-refractivity contribution in [3.8, 4) is 0 Å². The predicted octanol–water partition coefficient (Wildman–Crippen LogP) is 5.07. The molecule has 0 fully saturated rings. The third kappa shape index (κ3) is 2.91. The standard InChI is InChI=1S/C24H22N2O/c1-18(19-11-5-3-6-12-19)17-24(25-20-13-7-4-8-14-20)21-15-9-10-16-22(21)26(2)23(24)27/h3-16,25H,1,17H2,2H3. The number of likely N-dealkylation sites (N-methyl/N-ethyl adjacent to an activating group) is 1. The lowest BCUT2D eigenvalue weighted by Crippen LogP contribution is -2.45. The zero-order valence-corrected chi connectivity index (χ0v) is 15.4. The summed E-state index contributed by atoms with van der Waals surface area (Å²) >= 11 is 0. The molecule has 27 heavy (non-hydrogen) atoms. The van der Waals surface area contributed by atoms with Gasteiger partial charge in [-0.25, -0.2) is 0 Å². The summed E-state index contributed by atoms with van der Waals surface area (Å²) in [6.07, 6.45) is 0.492. The number of carbonyl (C=O) groups is 1. The molecule has 3 heteroatoms. The van der Waals surface area contributed by atoms with Gasteiger partial charge in [-0.2, -0.15) is 0 Å². The normalized spacial score (nSPS) is 18.3. The van der Waals surface area contributed by atoms with E-state index in [-0.39, 0.29) is 5.91 Å². The highest BCUT2D eigenvalue weighted by Crippen LogP contribution is 2.46. The Kier molecular flexibility index (Phi) is 4.28. The summed E-state index contributed by atoms with van der Waals surface area (Å²) in [5.74, 6) is 0.0321. The van der Waals surface area contributed by atoms with Gasteiger partial charge in [0.2, 0.25) is 0 Å². The first-order chi connectivity index (χ1) is 13.1. The van der Waals surface area contributed by atoms with Gasteiger partial charge in [-0.15, -0.1) is 0 Å². The van der Waals surface area contributed by atoms with Gasteiger partial charge in [0, 0.05) is 30.4 Å². The minimum absolute atomic E-state index is 0.0321. The zero-order valence-electron chi connectivity index (χ0n) is 15.4. The van der Waals surface area contributed by atoms with E-state index in [9.17, 15) is 4.79 Å². The Balaban J connectivity index is 1.81. The quantitative estimate of drug-likeness (QED) is 0.693. The van der Waals surface area contributed by atoms with Gasteiger partial charge >= 0.3 is 0 Å². The first kappa shape index (κ1) is 17.1. The molecule has 134 valence electrons. The molecule has 3 nitrogen and oxygen atoms in total. The maximum atomic E-state index is 13.5. The first-order valence-electron chi connectivity index (χ1n) is 9.06. The minimum atomic E-state index is -0.875. The third-order valence-electron chi connectivity index (χ3n) is 5.19. The highest BCUT2D eigenvalue weighted by atomic mass is 16.2. The third-order valence-corrected chi connectivity index (χ3v) is 5.19. The molecule has 1 aliphatic rings. The molecular formula is C24H22N2O. The Hall–Kier alpha value is -3.33. The van der Waals surface area contributed by atoms with Crippen molar-refractivity contribution in [2.75, 3.05) is 17.3 Å². The number of carbonyl (C=O) groups excluding carboxylic acids is 1. The predicted molar refractivity (Wildman–Crippen MR) is 112 cm³/mol. The van der Waals surface area contributed by atoms with Crippen LogP contribution in [0.15, 0.2) is 91.5 Å². The number of nitrogens with one attached hydrogen (secondary N) is 1. The van der Waals surface area contributed by atoms with Gasteiger partial charge in [0.25, 0.3) is 5.91 Å². The molecule has 1 amide bonds. The molecule has 1 heterocycles. The fraction of sp³-hybridized carbons (Fsp3) is 0.125. The van der Waals surface area contributed by atoms with Gasteiger partial charge in [-0.3, -0.25) is 4.79 Å². The number of benzene rings is 3. The molecule has 3 aromatic carbocycles. The van der Waals surface area contributed by atoms with Gasteiger partial charge in [0.15, 0.2) is 0 Å². The van der Waals surface area contributed by atoms with Crippen LogP contribution in [-0.2, 0) is 10.3 Å². The first-order valence-corrected chi connectivity index (χ1v) is 9.06. The average molecular weight is 354 g/mol. The highest BCUT2D eigenvalue weighted by Gasteiger charge is 2.50. The SMILES string of the molecule is C=C(CC1(Nc2ccccc2)C(=O)N(C)c2ccccc21)c1ccccc1. The van der Waals surface area contributed by atoms with Crippen LogP contribution in [0.5, 0.6) is 0 Å². The monoisotopic (exact) mass is 354 g/mol. The summed E-state index contributed by atoms with van der Waals surface area (Å²) < 4.78 is 0. The average Bonchev–Trinajstić information content (AvgIpc) is 2.92. The van der Waals surface area contributed by atoms with E-state index in [4.69, 9.17) is 0 Å². The lowest BCUT2D eigenvalue weighted by Gasteiger charge is -2.31. The summed E-state index contributed by atoms with van der Waals surface area (Å²) in [7, 11) is 1.83. The van der Waals surface area contributed by atoms with Crippen molar-refractivity contribution in [1.29, 1.82) is 0 Å². The molecule has 0 radical (unpaired) electrons. The largest absolute Gasteiger partial charge is 0.367 e. The molecule has 0 bridgehead atoms. The van der Waals surface area contributed by atoms with Crippen molar-refractivity contribution in [2.24, 2.45) is 0 Å². The van der Waals surface area contributed by atoms with Gasteiger partial charge in [-0.05, 0) is 29.3 Å². The number of amides is 1. The number of anilines is 2. The summed E-state index contributed by atoms with van der Waals surface area (Å²) in [6.45, 7) is 4.30. The van der Waals surface area contributed by atoms with Crippen LogP contribution in [0.4, 0.5) is 11.4 Å². The number of nitrogens with zero attached hydrogens (tertiary/aromatic N) is 1. The summed E-state index contributed by atoms with van der Waals surface area (Å²) in [5, 5.41) is 3.54. The van der Waals surface area contributed by atoms with Crippen molar-refractivity contribution in [3.63, 3.8) is 0 Å². The number of hydrogen-bond acceptors (Lipinski definition) is 2. The summed E-state index contributed by atoms with van der Waals surface area (Å²) in [4.78, 5) is 15.2. The second kappa shape index (κ2) is 6.76. The number of para-hydroxylation sites is 2. The number of hydrogen-bond donors (Lipinski definition) is 1. The molecule has 1 aliphatic heterocycles. The van der Waals surface area contributed by atoms with E-state index in [1.165, 1.54) is 0 Å². The van der Waals surface area contributed by atoms with Crippen molar-refractivity contribution >= 4 is 22.9 Å². The molecule has 0 saturated carbocycles. The van der Waals surface area contributed by atoms with Crippen LogP contribution in [0.3, 0.4) is 0 Å². The summed E-state index contributed by atoms with van der Waals surface area (Å²) in [6, 6.07) is 27.9. The van der Waals surface area contributed by atoms with Crippen LogP contribution in [0, 0.1) is 0 Å². The van der Waals surface area contributed by atoms with Crippen LogP contribution in [0.1, 0.15) is 17.5 Å². The van der Waals surface area contributed by atoms with Gasteiger partial charge in [0.1, 0.15) is 5.54 Å². The van der Waals surface area contributed by atoms with Gasteiger partial charge in [-0.1, -0.05) is 73.3 Å². The molecule has 0 saturated heterocycles.